The molecule has 1 aliphatic carbocycles. The third-order valence-electron chi connectivity index (χ3n) is 5.97. The first kappa shape index (κ1) is 26.6. The summed E-state index contributed by atoms with van der Waals surface area (Å²) < 4.78 is 27.1. The van der Waals surface area contributed by atoms with E-state index >= 15 is 0 Å². The van der Waals surface area contributed by atoms with E-state index in [2.05, 4.69) is 19.5 Å². The van der Waals surface area contributed by atoms with Crippen molar-refractivity contribution in [2.75, 3.05) is 11.9 Å². The molecule has 3 aromatic rings. The molecule has 10 nitrogen and oxygen atoms in total. The number of nitrogens with zero attached hydrogens (tertiary/aromatic N) is 2. The lowest BCUT2D eigenvalue weighted by Crippen LogP contribution is -2.24. The number of thiophene rings is 1. The number of rotatable bonds is 10. The lowest BCUT2D eigenvalue weighted by molar-refractivity contribution is 0.101. The van der Waals surface area contributed by atoms with Gasteiger partial charge in [0.2, 0.25) is 5.78 Å². The highest BCUT2D eigenvalue weighted by Crippen LogP contribution is 2.36. The Labute approximate surface area is 217 Å². The predicted octanol–water partition coefficient (Wildman–Crippen LogP) is 2.47. The van der Waals surface area contributed by atoms with Crippen LogP contribution >= 0.6 is 22.9 Å². The topological polar surface area (TPSA) is 165 Å². The lowest BCUT2D eigenvalue weighted by Gasteiger charge is -2.15. The van der Waals surface area contributed by atoms with Gasteiger partial charge in [0.15, 0.2) is 0 Å². The van der Waals surface area contributed by atoms with Crippen LogP contribution in [0.3, 0.4) is 0 Å². The first-order chi connectivity index (χ1) is 17.1. The van der Waals surface area contributed by atoms with Crippen molar-refractivity contribution in [3.8, 4) is 0 Å². The largest absolute Gasteiger partial charge is 0.393 e. The third-order valence-corrected chi connectivity index (χ3v) is 7.82. The second-order valence-corrected chi connectivity index (χ2v) is 11.5. The van der Waals surface area contributed by atoms with Crippen LogP contribution in [0.4, 0.5) is 5.82 Å². The van der Waals surface area contributed by atoms with E-state index in [1.54, 1.807) is 6.07 Å². The van der Waals surface area contributed by atoms with Crippen LogP contribution in [-0.4, -0.2) is 53.1 Å². The van der Waals surface area contributed by atoms with E-state index in [0.717, 1.165) is 16.9 Å². The maximum absolute atomic E-state index is 13.3. The monoisotopic (exact) mass is 552 g/mol. The molecule has 4 atom stereocenters. The molecule has 5 N–H and O–H groups in total. The molecule has 2 aromatic heterocycles. The van der Waals surface area contributed by atoms with Gasteiger partial charge in [0, 0.05) is 30.1 Å². The van der Waals surface area contributed by atoms with Crippen LogP contribution in [-0.2, 0) is 20.9 Å². The highest BCUT2D eigenvalue weighted by atomic mass is 35.5. The second-order valence-electron chi connectivity index (χ2n) is 8.58. The number of nitrogens with one attached hydrogen (secondary N) is 1. The molecule has 0 bridgehead atoms. The highest BCUT2D eigenvalue weighted by Gasteiger charge is 2.35. The number of anilines is 1. The average molecular weight is 553 g/mol. The molecule has 1 aliphatic rings. The Hall–Kier alpha value is -2.45. The summed E-state index contributed by atoms with van der Waals surface area (Å²) in [7, 11) is -4.11. The Morgan fingerprint density at radius 1 is 1.31 bits per heavy atom. The molecule has 0 aliphatic heterocycles. The van der Waals surface area contributed by atoms with Crippen molar-refractivity contribution in [1.29, 1.82) is 0 Å². The first-order valence-electron chi connectivity index (χ1n) is 11.1. The Morgan fingerprint density at radius 2 is 2.06 bits per heavy atom. The van der Waals surface area contributed by atoms with Crippen LogP contribution in [0.25, 0.3) is 0 Å². The van der Waals surface area contributed by atoms with Crippen molar-refractivity contribution in [3.63, 3.8) is 0 Å². The summed E-state index contributed by atoms with van der Waals surface area (Å²) in [5.74, 6) is -0.543. The predicted molar refractivity (Wildman–Crippen MR) is 135 cm³/mol. The summed E-state index contributed by atoms with van der Waals surface area (Å²) in [6, 6.07) is 10.8. The molecule has 4 rings (SSSR count). The van der Waals surface area contributed by atoms with Gasteiger partial charge in [0.1, 0.15) is 12.1 Å². The molecule has 1 fully saturated rings. The van der Waals surface area contributed by atoms with Crippen LogP contribution in [0.2, 0.25) is 4.34 Å². The van der Waals surface area contributed by atoms with Crippen LogP contribution in [0.15, 0.2) is 48.9 Å². The third kappa shape index (κ3) is 6.65. The Morgan fingerprint density at radius 3 is 2.78 bits per heavy atom. The van der Waals surface area contributed by atoms with Crippen molar-refractivity contribution >= 4 is 44.8 Å². The quantitative estimate of drug-likeness (QED) is 0.276. The SMILES string of the molecule is NS(=O)(=O)OC[C@H]1C[C@@H](Nc2ncncc2C(=O)c2cc([C@@H](O)Cc3ccccc3)c(Cl)s2)C[C@@H]1O. The van der Waals surface area contributed by atoms with Gasteiger partial charge in [-0.3, -0.25) is 8.98 Å². The number of carbonyl (C=O) groups excluding carboxylic acids is 1. The van der Waals surface area contributed by atoms with Gasteiger partial charge in [-0.25, -0.2) is 15.1 Å². The van der Waals surface area contributed by atoms with E-state index in [0.29, 0.717) is 34.0 Å². The minimum Gasteiger partial charge on any atom is -0.393 e. The molecule has 36 heavy (non-hydrogen) atoms. The molecule has 13 heteroatoms. The van der Waals surface area contributed by atoms with Crippen LogP contribution < -0.4 is 10.5 Å². The van der Waals surface area contributed by atoms with Gasteiger partial charge in [0.25, 0.3) is 0 Å². The van der Waals surface area contributed by atoms with Gasteiger partial charge in [-0.15, -0.1) is 11.3 Å². The number of carbonyl (C=O) groups is 1. The van der Waals surface area contributed by atoms with Gasteiger partial charge < -0.3 is 15.5 Å². The van der Waals surface area contributed by atoms with E-state index in [1.165, 1.54) is 12.5 Å². The number of halogens is 1. The van der Waals surface area contributed by atoms with Crippen molar-refractivity contribution in [2.24, 2.45) is 11.1 Å². The van der Waals surface area contributed by atoms with E-state index in [9.17, 15) is 23.4 Å². The zero-order chi connectivity index (χ0) is 25.9. The maximum Gasteiger partial charge on any atom is 0.333 e. The summed E-state index contributed by atoms with van der Waals surface area (Å²) in [6.45, 7) is -0.241. The van der Waals surface area contributed by atoms with Crippen LogP contribution in [0, 0.1) is 5.92 Å². The number of aliphatic hydroxyl groups excluding tert-OH is 2. The van der Waals surface area contributed by atoms with E-state index in [1.807, 2.05) is 30.3 Å². The van der Waals surface area contributed by atoms with Gasteiger partial charge in [0.05, 0.1) is 33.6 Å². The van der Waals surface area contributed by atoms with Gasteiger partial charge in [-0.1, -0.05) is 41.9 Å². The highest BCUT2D eigenvalue weighted by molar-refractivity contribution is 7.84. The molecule has 192 valence electrons. The minimum absolute atomic E-state index is 0.207. The standard InChI is InChI=1S/C23H25ClN4O6S2/c24-22-16(19(30)6-13-4-2-1-3-5-13)9-20(35-22)21(31)17-10-26-12-27-23(17)28-15-7-14(18(29)8-15)11-34-36(25,32)33/h1-5,9-10,12,14-15,18-19,29-30H,6-8,11H2,(H2,25,32,33)(H,26,27,28)/t14-,15-,18+,19+/m1/s1. The number of aliphatic hydroxyl groups is 2. The lowest BCUT2D eigenvalue weighted by atomic mass is 10.0. The summed E-state index contributed by atoms with van der Waals surface area (Å²) in [5, 5.41) is 29.0. The summed E-state index contributed by atoms with van der Waals surface area (Å²) in [6.07, 6.45) is 2.04. The Bertz CT molecular complexity index is 1320. The van der Waals surface area contributed by atoms with Crippen LogP contribution in [0.1, 0.15) is 45.3 Å². The smallest absolute Gasteiger partial charge is 0.333 e. The number of hydrogen-bond donors (Lipinski definition) is 4. The molecule has 1 aromatic carbocycles. The fourth-order valence-electron chi connectivity index (χ4n) is 4.19. The number of ketones is 1. The molecule has 2 heterocycles. The average Bonchev–Trinajstić information content (AvgIpc) is 3.39. The van der Waals surface area contributed by atoms with Gasteiger partial charge in [-0.05, 0) is 24.5 Å². The maximum atomic E-state index is 13.3. The number of nitrogens with two attached hydrogens (primary N) is 1. The van der Waals surface area contributed by atoms with Crippen molar-refractivity contribution in [3.05, 3.63) is 74.8 Å². The summed E-state index contributed by atoms with van der Waals surface area (Å²) in [4.78, 5) is 21.8. The van der Waals surface area contributed by atoms with E-state index in [4.69, 9.17) is 16.7 Å². The zero-order valence-corrected chi connectivity index (χ0v) is 21.3. The molecular formula is C23H25ClN4O6S2. The Balaban J connectivity index is 1.47. The Kier molecular flexibility index (Phi) is 8.35. The molecule has 0 spiro atoms. The van der Waals surface area contributed by atoms with Crippen LogP contribution in [0.5, 0.6) is 0 Å². The first-order valence-corrected chi connectivity index (χ1v) is 13.7. The molecule has 1 saturated carbocycles. The zero-order valence-electron chi connectivity index (χ0n) is 19.0. The fraction of sp³-hybridized carbons (Fsp3) is 0.348. The number of benzene rings is 1. The summed E-state index contributed by atoms with van der Waals surface area (Å²) in [5.41, 5.74) is 1.62. The second kappa shape index (κ2) is 11.3. The van der Waals surface area contributed by atoms with E-state index < -0.39 is 28.4 Å². The summed E-state index contributed by atoms with van der Waals surface area (Å²) >= 11 is 7.44. The normalized spacial score (nSPS) is 20.8. The minimum atomic E-state index is -4.11. The van der Waals surface area contributed by atoms with Crippen molar-refractivity contribution in [1.82, 2.24) is 9.97 Å². The molecule has 0 saturated heterocycles. The number of hydrogen-bond acceptors (Lipinski definition) is 10. The molecule has 0 amide bonds. The van der Waals surface area contributed by atoms with Crippen molar-refractivity contribution in [2.45, 2.75) is 37.5 Å². The van der Waals surface area contributed by atoms with Gasteiger partial charge >= 0.3 is 10.3 Å². The fourth-order valence-corrected chi connectivity index (χ4v) is 5.88. The number of aromatic nitrogens is 2. The van der Waals surface area contributed by atoms with E-state index in [-0.39, 0.29) is 29.8 Å². The molecule has 0 radical (unpaired) electrons. The molecule has 0 unspecified atom stereocenters. The molecular weight excluding hydrogens is 528 g/mol. The van der Waals surface area contributed by atoms with Crippen molar-refractivity contribution < 1.29 is 27.6 Å². The van der Waals surface area contributed by atoms with Gasteiger partial charge in [-0.2, -0.15) is 8.42 Å².